The van der Waals surface area contributed by atoms with E-state index in [9.17, 15) is 14.4 Å². The molecule has 3 N–H and O–H groups in total. The molecule has 8 heteroatoms. The normalized spacial score (nSPS) is 11.5. The Bertz CT molecular complexity index is 732. The summed E-state index contributed by atoms with van der Waals surface area (Å²) in [6.45, 7) is 3.38. The summed E-state index contributed by atoms with van der Waals surface area (Å²) in [6, 6.07) is 11.5. The van der Waals surface area contributed by atoms with E-state index in [-0.39, 0.29) is 12.5 Å². The average Bonchev–Trinajstić information content (AvgIpc) is 3.17. The van der Waals surface area contributed by atoms with Crippen LogP contribution in [0, 0.1) is 5.92 Å². The van der Waals surface area contributed by atoms with Crippen molar-refractivity contribution in [2.75, 3.05) is 6.61 Å². The molecule has 0 saturated heterocycles. The van der Waals surface area contributed by atoms with E-state index in [1.165, 1.54) is 11.3 Å². The van der Waals surface area contributed by atoms with Gasteiger partial charge in [0.1, 0.15) is 11.8 Å². The third-order valence-electron chi connectivity index (χ3n) is 3.42. The first kappa shape index (κ1) is 19.5. The number of hydrazine groups is 1. The number of benzene rings is 1. The van der Waals surface area contributed by atoms with Crippen LogP contribution in [0.5, 0.6) is 5.75 Å². The summed E-state index contributed by atoms with van der Waals surface area (Å²) in [4.78, 5) is 36.7. The third kappa shape index (κ3) is 5.89. The molecule has 0 radical (unpaired) electrons. The van der Waals surface area contributed by atoms with E-state index in [0.717, 1.165) is 0 Å². The fraction of sp³-hybridized carbons (Fsp3) is 0.278. The van der Waals surface area contributed by atoms with Crippen LogP contribution < -0.4 is 20.9 Å². The molecule has 1 heterocycles. The van der Waals surface area contributed by atoms with E-state index in [2.05, 4.69) is 16.2 Å². The number of carbonyl (C=O) groups is 3. The highest BCUT2D eigenvalue weighted by Gasteiger charge is 2.25. The monoisotopic (exact) mass is 375 g/mol. The zero-order valence-electron chi connectivity index (χ0n) is 14.5. The summed E-state index contributed by atoms with van der Waals surface area (Å²) in [5, 5.41) is 4.38. The Morgan fingerprint density at radius 3 is 2.38 bits per heavy atom. The van der Waals surface area contributed by atoms with Crippen LogP contribution >= 0.6 is 11.3 Å². The molecular weight excluding hydrogens is 354 g/mol. The van der Waals surface area contributed by atoms with Crippen molar-refractivity contribution in [3.05, 3.63) is 52.7 Å². The van der Waals surface area contributed by atoms with Crippen LogP contribution in [0.15, 0.2) is 47.8 Å². The Balaban J connectivity index is 1.83. The van der Waals surface area contributed by atoms with Crippen LogP contribution in [0.2, 0.25) is 0 Å². The minimum atomic E-state index is -0.800. The van der Waals surface area contributed by atoms with Gasteiger partial charge < -0.3 is 10.1 Å². The lowest BCUT2D eigenvalue weighted by molar-refractivity contribution is -0.131. The number of amides is 3. The van der Waals surface area contributed by atoms with Crippen LogP contribution in [-0.2, 0) is 9.59 Å². The Morgan fingerprint density at radius 1 is 1.04 bits per heavy atom. The molecule has 26 heavy (non-hydrogen) atoms. The molecule has 0 unspecified atom stereocenters. The first-order valence-corrected chi connectivity index (χ1v) is 8.96. The summed E-state index contributed by atoms with van der Waals surface area (Å²) in [5.74, 6) is -0.939. The molecule has 138 valence electrons. The van der Waals surface area contributed by atoms with Crippen molar-refractivity contribution in [3.8, 4) is 5.75 Å². The van der Waals surface area contributed by atoms with E-state index in [1.807, 2.05) is 6.07 Å². The molecule has 0 aliphatic carbocycles. The largest absolute Gasteiger partial charge is 0.484 e. The molecule has 0 aliphatic heterocycles. The molecule has 1 aromatic heterocycles. The first-order valence-electron chi connectivity index (χ1n) is 8.08. The van der Waals surface area contributed by atoms with Gasteiger partial charge >= 0.3 is 0 Å². The van der Waals surface area contributed by atoms with Gasteiger partial charge in [0.15, 0.2) is 6.61 Å². The minimum Gasteiger partial charge on any atom is -0.484 e. The van der Waals surface area contributed by atoms with Gasteiger partial charge in [-0.1, -0.05) is 38.1 Å². The Morgan fingerprint density at radius 2 is 1.77 bits per heavy atom. The standard InChI is InChI=1S/C18H21N3O4S/c1-12(2)16(18(24)21-20-17(23)14-9-6-10-26-14)19-15(22)11-25-13-7-4-3-5-8-13/h3-10,12,16H,11H2,1-2H3,(H,19,22)(H,20,23)(H,21,24)/t16-/m0/s1. The number of hydrogen-bond donors (Lipinski definition) is 3. The molecule has 7 nitrogen and oxygen atoms in total. The zero-order valence-corrected chi connectivity index (χ0v) is 15.3. The molecule has 0 bridgehead atoms. The van der Waals surface area contributed by atoms with Crippen LogP contribution in [0.4, 0.5) is 0 Å². The van der Waals surface area contributed by atoms with Gasteiger partial charge in [0.05, 0.1) is 4.88 Å². The zero-order chi connectivity index (χ0) is 18.9. The Labute approximate surface area is 155 Å². The molecule has 3 amide bonds. The fourth-order valence-electron chi connectivity index (χ4n) is 2.08. The molecule has 0 spiro atoms. The SMILES string of the molecule is CC(C)[C@H](NC(=O)COc1ccccc1)C(=O)NNC(=O)c1cccs1. The molecule has 0 saturated carbocycles. The van der Waals surface area contributed by atoms with Gasteiger partial charge in [0.2, 0.25) is 0 Å². The van der Waals surface area contributed by atoms with E-state index in [1.54, 1.807) is 55.6 Å². The molecule has 0 aliphatic rings. The minimum absolute atomic E-state index is 0.172. The topological polar surface area (TPSA) is 96.5 Å². The van der Waals surface area contributed by atoms with Crippen molar-refractivity contribution in [2.45, 2.75) is 19.9 Å². The second-order valence-electron chi connectivity index (χ2n) is 5.81. The lowest BCUT2D eigenvalue weighted by Crippen LogP contribution is -2.55. The van der Waals surface area contributed by atoms with Crippen molar-refractivity contribution >= 4 is 29.1 Å². The van der Waals surface area contributed by atoms with Crippen molar-refractivity contribution in [1.82, 2.24) is 16.2 Å². The van der Waals surface area contributed by atoms with Gasteiger partial charge in [-0.3, -0.25) is 25.2 Å². The van der Waals surface area contributed by atoms with Gasteiger partial charge in [-0.2, -0.15) is 0 Å². The van der Waals surface area contributed by atoms with Crippen LogP contribution in [0.25, 0.3) is 0 Å². The van der Waals surface area contributed by atoms with Crippen molar-refractivity contribution in [1.29, 1.82) is 0 Å². The van der Waals surface area contributed by atoms with Gasteiger partial charge in [0.25, 0.3) is 17.7 Å². The predicted molar refractivity (Wildman–Crippen MR) is 98.6 cm³/mol. The highest BCUT2D eigenvalue weighted by molar-refractivity contribution is 7.12. The molecule has 2 rings (SSSR count). The maximum Gasteiger partial charge on any atom is 0.279 e. The van der Waals surface area contributed by atoms with E-state index in [0.29, 0.717) is 10.6 Å². The second-order valence-corrected chi connectivity index (χ2v) is 6.76. The Kier molecular flexibility index (Phi) is 7.16. The summed E-state index contributed by atoms with van der Waals surface area (Å²) in [5.41, 5.74) is 4.68. The van der Waals surface area contributed by atoms with Crippen LogP contribution in [-0.4, -0.2) is 30.4 Å². The van der Waals surface area contributed by atoms with Crippen molar-refractivity contribution in [3.63, 3.8) is 0 Å². The third-order valence-corrected chi connectivity index (χ3v) is 4.29. The highest BCUT2D eigenvalue weighted by atomic mass is 32.1. The summed E-state index contributed by atoms with van der Waals surface area (Å²) in [6.07, 6.45) is 0. The van der Waals surface area contributed by atoms with Gasteiger partial charge in [-0.05, 0) is 29.5 Å². The molecular formula is C18H21N3O4S. The summed E-state index contributed by atoms with van der Waals surface area (Å²) in [7, 11) is 0. The van der Waals surface area contributed by atoms with E-state index >= 15 is 0 Å². The number of thiophene rings is 1. The highest BCUT2D eigenvalue weighted by Crippen LogP contribution is 2.09. The van der Waals surface area contributed by atoms with Crippen molar-refractivity contribution in [2.24, 2.45) is 5.92 Å². The number of rotatable bonds is 7. The number of hydrogen-bond acceptors (Lipinski definition) is 5. The fourth-order valence-corrected chi connectivity index (χ4v) is 2.70. The predicted octanol–water partition coefficient (Wildman–Crippen LogP) is 1.73. The number of ether oxygens (including phenoxy) is 1. The van der Waals surface area contributed by atoms with Crippen LogP contribution in [0.1, 0.15) is 23.5 Å². The quantitative estimate of drug-likeness (QED) is 0.642. The summed E-state index contributed by atoms with van der Waals surface area (Å²) < 4.78 is 5.36. The number of para-hydroxylation sites is 1. The summed E-state index contributed by atoms with van der Waals surface area (Å²) >= 11 is 1.26. The smallest absolute Gasteiger partial charge is 0.279 e. The van der Waals surface area contributed by atoms with E-state index in [4.69, 9.17) is 4.74 Å². The molecule has 2 aromatic rings. The van der Waals surface area contributed by atoms with Gasteiger partial charge in [-0.15, -0.1) is 11.3 Å². The maximum atomic E-state index is 12.3. The van der Waals surface area contributed by atoms with Gasteiger partial charge in [0, 0.05) is 0 Å². The second kappa shape index (κ2) is 9.57. The van der Waals surface area contributed by atoms with Crippen LogP contribution in [0.3, 0.4) is 0 Å². The molecule has 1 atom stereocenters. The first-order chi connectivity index (χ1) is 12.5. The van der Waals surface area contributed by atoms with E-state index < -0.39 is 23.8 Å². The maximum absolute atomic E-state index is 12.3. The number of nitrogens with one attached hydrogen (secondary N) is 3. The molecule has 1 aromatic carbocycles. The lowest BCUT2D eigenvalue weighted by Gasteiger charge is -2.21. The number of carbonyl (C=O) groups excluding carboxylic acids is 3. The van der Waals surface area contributed by atoms with Crippen molar-refractivity contribution < 1.29 is 19.1 Å². The lowest BCUT2D eigenvalue weighted by atomic mass is 10.0. The Hall–Kier alpha value is -2.87. The van der Waals surface area contributed by atoms with Gasteiger partial charge in [-0.25, -0.2) is 0 Å². The molecule has 0 fully saturated rings. The average molecular weight is 375 g/mol.